The van der Waals surface area contributed by atoms with Crippen LogP contribution in [0.1, 0.15) is 19.5 Å². The summed E-state index contributed by atoms with van der Waals surface area (Å²) in [6, 6.07) is 5.94. The minimum Gasteiger partial charge on any atom is -0.394 e. The van der Waals surface area contributed by atoms with E-state index in [4.69, 9.17) is 4.74 Å². The van der Waals surface area contributed by atoms with Gasteiger partial charge < -0.3 is 9.84 Å². The predicted octanol–water partition coefficient (Wildman–Crippen LogP) is 1.05. The summed E-state index contributed by atoms with van der Waals surface area (Å²) < 4.78 is 5.78. The monoisotopic (exact) mass is 236 g/mol. The molecule has 1 atom stereocenters. The van der Waals surface area contributed by atoms with Crippen LogP contribution in [0, 0.1) is 0 Å². The molecule has 2 rings (SSSR count). The third-order valence-electron chi connectivity index (χ3n) is 2.87. The van der Waals surface area contributed by atoms with Crippen LogP contribution in [-0.2, 0) is 11.3 Å². The van der Waals surface area contributed by atoms with E-state index in [1.807, 2.05) is 24.4 Å². The van der Waals surface area contributed by atoms with E-state index in [9.17, 15) is 5.11 Å². The fourth-order valence-corrected chi connectivity index (χ4v) is 2.35. The number of rotatable bonds is 3. The lowest BCUT2D eigenvalue weighted by Crippen LogP contribution is -2.53. The van der Waals surface area contributed by atoms with Gasteiger partial charge in [0.2, 0.25) is 0 Å². The molecule has 2 heterocycles. The zero-order valence-corrected chi connectivity index (χ0v) is 10.5. The van der Waals surface area contributed by atoms with Crippen molar-refractivity contribution in [1.29, 1.82) is 0 Å². The molecule has 0 radical (unpaired) electrons. The summed E-state index contributed by atoms with van der Waals surface area (Å²) >= 11 is 0. The van der Waals surface area contributed by atoms with Crippen molar-refractivity contribution in [3.8, 4) is 0 Å². The quantitative estimate of drug-likeness (QED) is 0.852. The Balaban J connectivity index is 2.01. The van der Waals surface area contributed by atoms with Gasteiger partial charge in [0.15, 0.2) is 0 Å². The smallest absolute Gasteiger partial charge is 0.0940 e. The Hall–Kier alpha value is -0.970. The van der Waals surface area contributed by atoms with Crippen LogP contribution in [0.2, 0.25) is 0 Å². The van der Waals surface area contributed by atoms with E-state index in [0.717, 1.165) is 25.3 Å². The van der Waals surface area contributed by atoms with Crippen molar-refractivity contribution < 1.29 is 9.84 Å². The van der Waals surface area contributed by atoms with Gasteiger partial charge >= 0.3 is 0 Å². The first-order chi connectivity index (χ1) is 8.09. The highest BCUT2D eigenvalue weighted by Gasteiger charge is 2.32. The molecular weight excluding hydrogens is 216 g/mol. The lowest BCUT2D eigenvalue weighted by atomic mass is 10.1. The first kappa shape index (κ1) is 12.5. The maximum Gasteiger partial charge on any atom is 0.0940 e. The number of hydrogen-bond donors (Lipinski definition) is 1. The van der Waals surface area contributed by atoms with Crippen LogP contribution in [0.25, 0.3) is 0 Å². The van der Waals surface area contributed by atoms with Crippen molar-refractivity contribution in [2.24, 2.45) is 0 Å². The average molecular weight is 236 g/mol. The number of hydrogen-bond acceptors (Lipinski definition) is 4. The van der Waals surface area contributed by atoms with Gasteiger partial charge in [-0.2, -0.15) is 0 Å². The number of aliphatic hydroxyl groups is 1. The highest BCUT2D eigenvalue weighted by Crippen LogP contribution is 2.21. The van der Waals surface area contributed by atoms with Gasteiger partial charge in [0.25, 0.3) is 0 Å². The van der Waals surface area contributed by atoms with Crippen LogP contribution in [0.15, 0.2) is 24.4 Å². The molecule has 0 spiro atoms. The van der Waals surface area contributed by atoms with E-state index in [1.54, 1.807) is 0 Å². The molecule has 1 unspecified atom stereocenters. The minimum atomic E-state index is -0.208. The standard InChI is InChI=1S/C13H20N2O2/c1-13(2)10-15(8-12(9-16)17-13)7-11-5-3-4-6-14-11/h3-6,12,16H,7-10H2,1-2H3. The molecule has 1 fully saturated rings. The maximum atomic E-state index is 9.24. The molecule has 0 aliphatic carbocycles. The molecule has 4 nitrogen and oxygen atoms in total. The fourth-order valence-electron chi connectivity index (χ4n) is 2.35. The van der Waals surface area contributed by atoms with Gasteiger partial charge in [0.1, 0.15) is 0 Å². The summed E-state index contributed by atoms with van der Waals surface area (Å²) in [5.74, 6) is 0. The largest absolute Gasteiger partial charge is 0.394 e. The molecule has 1 aliphatic heterocycles. The molecule has 1 aromatic rings. The predicted molar refractivity (Wildman–Crippen MR) is 65.6 cm³/mol. The van der Waals surface area contributed by atoms with Crippen LogP contribution in [0.5, 0.6) is 0 Å². The van der Waals surface area contributed by atoms with Gasteiger partial charge in [-0.3, -0.25) is 9.88 Å². The van der Waals surface area contributed by atoms with Gasteiger partial charge in [0.05, 0.1) is 24.0 Å². The Kier molecular flexibility index (Phi) is 3.76. The van der Waals surface area contributed by atoms with Crippen LogP contribution >= 0.6 is 0 Å². The lowest BCUT2D eigenvalue weighted by Gasteiger charge is -2.42. The average Bonchev–Trinajstić information content (AvgIpc) is 2.28. The van der Waals surface area contributed by atoms with Crippen LogP contribution in [0.4, 0.5) is 0 Å². The molecule has 17 heavy (non-hydrogen) atoms. The molecule has 1 saturated heterocycles. The Labute approximate surface area is 102 Å². The third-order valence-corrected chi connectivity index (χ3v) is 2.87. The third kappa shape index (κ3) is 3.49. The first-order valence-electron chi connectivity index (χ1n) is 6.00. The Morgan fingerprint density at radius 3 is 3.00 bits per heavy atom. The van der Waals surface area contributed by atoms with Crippen molar-refractivity contribution in [2.45, 2.75) is 32.1 Å². The van der Waals surface area contributed by atoms with E-state index in [2.05, 4.69) is 23.7 Å². The van der Waals surface area contributed by atoms with Crippen LogP contribution < -0.4 is 0 Å². The van der Waals surface area contributed by atoms with Crippen molar-refractivity contribution >= 4 is 0 Å². The first-order valence-corrected chi connectivity index (χ1v) is 6.00. The fraction of sp³-hybridized carbons (Fsp3) is 0.615. The molecule has 1 aliphatic rings. The van der Waals surface area contributed by atoms with E-state index in [-0.39, 0.29) is 18.3 Å². The highest BCUT2D eigenvalue weighted by molar-refractivity contribution is 5.04. The number of aliphatic hydroxyl groups excluding tert-OH is 1. The molecular formula is C13H20N2O2. The number of aromatic nitrogens is 1. The molecule has 0 aromatic carbocycles. The van der Waals surface area contributed by atoms with E-state index < -0.39 is 0 Å². The van der Waals surface area contributed by atoms with Gasteiger partial charge in [-0.25, -0.2) is 0 Å². The Morgan fingerprint density at radius 1 is 1.53 bits per heavy atom. The van der Waals surface area contributed by atoms with Crippen molar-refractivity contribution in [1.82, 2.24) is 9.88 Å². The second-order valence-corrected chi connectivity index (χ2v) is 5.17. The number of pyridine rings is 1. The molecule has 94 valence electrons. The minimum absolute atomic E-state index is 0.0716. The normalized spacial score (nSPS) is 24.8. The number of morpholine rings is 1. The molecule has 1 N–H and O–H groups in total. The second-order valence-electron chi connectivity index (χ2n) is 5.17. The molecule has 0 bridgehead atoms. The highest BCUT2D eigenvalue weighted by atomic mass is 16.5. The van der Waals surface area contributed by atoms with Crippen LogP contribution in [-0.4, -0.2) is 46.4 Å². The van der Waals surface area contributed by atoms with E-state index >= 15 is 0 Å². The summed E-state index contributed by atoms with van der Waals surface area (Å²) in [6.07, 6.45) is 1.72. The van der Waals surface area contributed by atoms with Crippen LogP contribution in [0.3, 0.4) is 0 Å². The van der Waals surface area contributed by atoms with Gasteiger partial charge in [-0.15, -0.1) is 0 Å². The van der Waals surface area contributed by atoms with E-state index in [1.165, 1.54) is 0 Å². The van der Waals surface area contributed by atoms with E-state index in [0.29, 0.717) is 0 Å². The number of nitrogens with zero attached hydrogens (tertiary/aromatic N) is 2. The molecule has 0 amide bonds. The molecule has 0 saturated carbocycles. The van der Waals surface area contributed by atoms with Crippen molar-refractivity contribution in [3.05, 3.63) is 30.1 Å². The molecule has 4 heteroatoms. The Bertz CT molecular complexity index is 354. The lowest BCUT2D eigenvalue weighted by molar-refractivity contribution is -0.150. The maximum absolute atomic E-state index is 9.24. The zero-order valence-electron chi connectivity index (χ0n) is 10.5. The summed E-state index contributed by atoms with van der Waals surface area (Å²) in [4.78, 5) is 6.61. The van der Waals surface area contributed by atoms with Gasteiger partial charge in [-0.05, 0) is 26.0 Å². The zero-order chi connectivity index (χ0) is 12.3. The van der Waals surface area contributed by atoms with Gasteiger partial charge in [0, 0.05) is 25.8 Å². The Morgan fingerprint density at radius 2 is 2.35 bits per heavy atom. The summed E-state index contributed by atoms with van der Waals surface area (Å²) in [7, 11) is 0. The van der Waals surface area contributed by atoms with Gasteiger partial charge in [-0.1, -0.05) is 6.07 Å². The number of ether oxygens (including phenoxy) is 1. The summed E-state index contributed by atoms with van der Waals surface area (Å²) in [5, 5.41) is 9.24. The summed E-state index contributed by atoms with van der Waals surface area (Å²) in [6.45, 7) is 6.61. The summed E-state index contributed by atoms with van der Waals surface area (Å²) in [5.41, 5.74) is 0.849. The molecule has 1 aromatic heterocycles. The SMILES string of the molecule is CC1(C)CN(Cc2ccccn2)CC(CO)O1. The second kappa shape index (κ2) is 5.12. The van der Waals surface area contributed by atoms with Crippen molar-refractivity contribution in [2.75, 3.05) is 19.7 Å². The van der Waals surface area contributed by atoms with Crippen molar-refractivity contribution in [3.63, 3.8) is 0 Å². The topological polar surface area (TPSA) is 45.6 Å².